The molecule has 1 aliphatic rings. The minimum atomic E-state index is -3.64. The van der Waals surface area contributed by atoms with Crippen molar-refractivity contribution in [2.75, 3.05) is 18.9 Å². The summed E-state index contributed by atoms with van der Waals surface area (Å²) in [6, 6.07) is 13.8. The summed E-state index contributed by atoms with van der Waals surface area (Å²) < 4.78 is 26.4. The van der Waals surface area contributed by atoms with Crippen LogP contribution in [0.3, 0.4) is 0 Å². The second-order valence-corrected chi connectivity index (χ2v) is 10.1. The third kappa shape index (κ3) is 4.62. The summed E-state index contributed by atoms with van der Waals surface area (Å²) >= 11 is 0. The molecule has 0 radical (unpaired) electrons. The molecule has 0 aromatic heterocycles. The smallest absolute Gasteiger partial charge is 0.325 e. The molecular weight excluding hydrogens is 444 g/mol. The Labute approximate surface area is 193 Å². The van der Waals surface area contributed by atoms with Gasteiger partial charge in [0.15, 0.2) is 0 Å². The number of rotatable bonds is 8. The van der Waals surface area contributed by atoms with Gasteiger partial charge in [-0.15, -0.1) is 0 Å². The largest absolute Gasteiger partial charge is 0.325 e. The van der Waals surface area contributed by atoms with E-state index in [9.17, 15) is 22.8 Å². The van der Waals surface area contributed by atoms with Crippen LogP contribution in [0.15, 0.2) is 59.5 Å². The number of hydrogen-bond acceptors (Lipinski definition) is 5. The van der Waals surface area contributed by atoms with Gasteiger partial charge in [0.05, 0.1) is 4.90 Å². The molecule has 0 spiro atoms. The van der Waals surface area contributed by atoms with Gasteiger partial charge < -0.3 is 10.6 Å². The lowest BCUT2D eigenvalue weighted by atomic mass is 9.87. The molecule has 1 saturated heterocycles. The lowest BCUT2D eigenvalue weighted by Gasteiger charge is -2.25. The Morgan fingerprint density at radius 2 is 1.70 bits per heavy atom. The molecular formula is C23H28N4O5S. The molecule has 1 aliphatic heterocycles. The van der Waals surface area contributed by atoms with Crippen LogP contribution in [-0.2, 0) is 25.2 Å². The first-order valence-electron chi connectivity index (χ1n) is 10.6. The molecule has 176 valence electrons. The maximum Gasteiger partial charge on any atom is 0.325 e. The van der Waals surface area contributed by atoms with Crippen LogP contribution in [-0.4, -0.2) is 55.1 Å². The highest BCUT2D eigenvalue weighted by atomic mass is 32.2. The molecule has 0 saturated carbocycles. The Morgan fingerprint density at radius 1 is 1.09 bits per heavy atom. The van der Waals surface area contributed by atoms with E-state index in [-0.39, 0.29) is 10.9 Å². The van der Waals surface area contributed by atoms with Crippen LogP contribution in [0, 0.1) is 0 Å². The summed E-state index contributed by atoms with van der Waals surface area (Å²) in [5.74, 6) is -1.07. The second-order valence-electron chi connectivity index (χ2n) is 8.13. The topological polar surface area (TPSA) is 116 Å². The van der Waals surface area contributed by atoms with Crippen LogP contribution in [0.1, 0.15) is 32.8 Å². The van der Waals surface area contributed by atoms with Gasteiger partial charge in [-0.1, -0.05) is 37.3 Å². The van der Waals surface area contributed by atoms with Gasteiger partial charge in [0.2, 0.25) is 15.9 Å². The summed E-state index contributed by atoms with van der Waals surface area (Å²) in [5, 5.41) is 5.34. The van der Waals surface area contributed by atoms with E-state index >= 15 is 0 Å². The predicted octanol–water partition coefficient (Wildman–Crippen LogP) is 2.51. The van der Waals surface area contributed by atoms with E-state index in [0.29, 0.717) is 17.7 Å². The molecule has 1 unspecified atom stereocenters. The van der Waals surface area contributed by atoms with Crippen molar-refractivity contribution in [2.24, 2.45) is 0 Å². The number of carbonyl (C=O) groups is 3. The van der Waals surface area contributed by atoms with Gasteiger partial charge in [-0.25, -0.2) is 13.2 Å². The highest BCUT2D eigenvalue weighted by Crippen LogP contribution is 2.32. The summed E-state index contributed by atoms with van der Waals surface area (Å²) in [7, 11) is -2.14. The van der Waals surface area contributed by atoms with Crippen molar-refractivity contribution in [3.63, 3.8) is 0 Å². The maximum atomic E-state index is 13.1. The zero-order valence-electron chi connectivity index (χ0n) is 19.0. The average Bonchev–Trinajstić information content (AvgIpc) is 3.04. The Morgan fingerprint density at radius 3 is 2.24 bits per heavy atom. The van der Waals surface area contributed by atoms with Crippen molar-refractivity contribution in [3.8, 4) is 0 Å². The molecule has 1 fully saturated rings. The quantitative estimate of drug-likeness (QED) is 0.573. The van der Waals surface area contributed by atoms with E-state index in [1.54, 1.807) is 45.0 Å². The fraction of sp³-hybridized carbons (Fsp3) is 0.348. The molecule has 33 heavy (non-hydrogen) atoms. The number of carbonyl (C=O) groups excluding carboxylic acids is 3. The summed E-state index contributed by atoms with van der Waals surface area (Å²) in [6.07, 6.45) is 0.334. The molecule has 1 atom stereocenters. The lowest BCUT2D eigenvalue weighted by molar-refractivity contribution is -0.134. The molecule has 9 nitrogen and oxygen atoms in total. The van der Waals surface area contributed by atoms with Gasteiger partial charge in [0.1, 0.15) is 12.1 Å². The number of imide groups is 1. The molecule has 4 amide bonds. The Bertz CT molecular complexity index is 1150. The molecule has 2 aromatic rings. The van der Waals surface area contributed by atoms with E-state index in [2.05, 4.69) is 10.6 Å². The highest BCUT2D eigenvalue weighted by molar-refractivity contribution is 7.89. The number of amides is 4. The molecule has 3 rings (SSSR count). The van der Waals surface area contributed by atoms with Crippen LogP contribution >= 0.6 is 0 Å². The van der Waals surface area contributed by atoms with E-state index in [0.717, 1.165) is 4.90 Å². The van der Waals surface area contributed by atoms with Crippen molar-refractivity contribution in [2.45, 2.75) is 43.7 Å². The standard InChI is InChI=1S/C23H28N4O5S/c1-5-23(17-9-7-6-8-10-17)21(29)27(22(30)25-23)15-20(28)24-18-11-13-19(14-12-18)33(31,32)26(4)16(2)3/h6-14,16H,5,15H2,1-4H3,(H,24,28)(H,25,30). The zero-order valence-corrected chi connectivity index (χ0v) is 19.8. The van der Waals surface area contributed by atoms with Crippen LogP contribution in [0.2, 0.25) is 0 Å². The monoisotopic (exact) mass is 472 g/mol. The zero-order chi connectivity index (χ0) is 24.4. The van der Waals surface area contributed by atoms with Crippen molar-refractivity contribution in [3.05, 3.63) is 60.2 Å². The molecule has 1 heterocycles. The Balaban J connectivity index is 1.71. The number of benzene rings is 2. The van der Waals surface area contributed by atoms with Crippen molar-refractivity contribution in [1.82, 2.24) is 14.5 Å². The van der Waals surface area contributed by atoms with E-state index in [1.165, 1.54) is 35.6 Å². The first-order chi connectivity index (χ1) is 15.5. The highest BCUT2D eigenvalue weighted by Gasteiger charge is 2.51. The maximum absolute atomic E-state index is 13.1. The van der Waals surface area contributed by atoms with Crippen LogP contribution in [0.25, 0.3) is 0 Å². The molecule has 2 N–H and O–H groups in total. The number of nitrogens with one attached hydrogen (secondary N) is 2. The minimum Gasteiger partial charge on any atom is -0.325 e. The Kier molecular flexibility index (Phi) is 6.89. The first kappa shape index (κ1) is 24.4. The molecule has 0 bridgehead atoms. The van der Waals surface area contributed by atoms with Gasteiger partial charge in [0.25, 0.3) is 5.91 Å². The number of hydrogen-bond donors (Lipinski definition) is 2. The fourth-order valence-electron chi connectivity index (χ4n) is 3.63. The predicted molar refractivity (Wildman–Crippen MR) is 124 cm³/mol. The SMILES string of the molecule is CCC1(c2ccccc2)NC(=O)N(CC(=O)Nc2ccc(S(=O)(=O)N(C)C(C)C)cc2)C1=O. The molecule has 10 heteroatoms. The first-order valence-corrected chi connectivity index (χ1v) is 12.0. The van der Waals surface area contributed by atoms with Gasteiger partial charge in [0, 0.05) is 18.8 Å². The fourth-order valence-corrected chi connectivity index (χ4v) is 5.00. The van der Waals surface area contributed by atoms with Gasteiger partial charge in [-0.2, -0.15) is 4.31 Å². The Hall–Kier alpha value is -3.24. The van der Waals surface area contributed by atoms with Crippen molar-refractivity contribution < 1.29 is 22.8 Å². The van der Waals surface area contributed by atoms with Crippen molar-refractivity contribution in [1.29, 1.82) is 0 Å². The number of urea groups is 1. The normalized spacial score (nSPS) is 18.7. The number of sulfonamides is 1. The van der Waals surface area contributed by atoms with Crippen LogP contribution < -0.4 is 10.6 Å². The van der Waals surface area contributed by atoms with Gasteiger partial charge >= 0.3 is 6.03 Å². The van der Waals surface area contributed by atoms with E-state index in [1.807, 2.05) is 6.07 Å². The molecule has 2 aromatic carbocycles. The molecule has 0 aliphatic carbocycles. The third-order valence-electron chi connectivity index (χ3n) is 5.82. The average molecular weight is 473 g/mol. The summed E-state index contributed by atoms with van der Waals surface area (Å²) in [6.45, 7) is 4.87. The summed E-state index contributed by atoms with van der Waals surface area (Å²) in [4.78, 5) is 39.2. The summed E-state index contributed by atoms with van der Waals surface area (Å²) in [5.41, 5.74) is -0.211. The van der Waals surface area contributed by atoms with Crippen LogP contribution in [0.5, 0.6) is 0 Å². The number of anilines is 1. The minimum absolute atomic E-state index is 0.0985. The van der Waals surface area contributed by atoms with Crippen LogP contribution in [0.4, 0.5) is 10.5 Å². The number of nitrogens with zero attached hydrogens (tertiary/aromatic N) is 2. The van der Waals surface area contributed by atoms with E-state index in [4.69, 9.17) is 0 Å². The lowest BCUT2D eigenvalue weighted by Crippen LogP contribution is -2.44. The van der Waals surface area contributed by atoms with Crippen molar-refractivity contribution >= 4 is 33.6 Å². The van der Waals surface area contributed by atoms with Gasteiger partial charge in [-0.3, -0.25) is 14.5 Å². The van der Waals surface area contributed by atoms with E-state index < -0.39 is 40.0 Å². The van der Waals surface area contributed by atoms with Gasteiger partial charge in [-0.05, 0) is 50.1 Å². The second kappa shape index (κ2) is 9.32. The third-order valence-corrected chi connectivity index (χ3v) is 7.86.